The largest absolute Gasteiger partial charge is 0.272 e. The molecule has 1 saturated heterocycles. The van der Waals surface area contributed by atoms with Crippen LogP contribution in [0.2, 0.25) is 0 Å². The minimum atomic E-state index is -0.699. The van der Waals surface area contributed by atoms with Crippen LogP contribution in [-0.2, 0) is 22.4 Å². The smallest absolute Gasteiger partial charge is 0.255 e. The summed E-state index contributed by atoms with van der Waals surface area (Å²) in [6.45, 7) is 6.13. The molecular weight excluding hydrogens is 228 g/mol. The molecule has 18 heavy (non-hydrogen) atoms. The average molecular weight is 246 g/mol. The summed E-state index contributed by atoms with van der Waals surface area (Å²) in [6, 6.07) is 4.13. The number of carbonyl (C=O) groups excluding carboxylic acids is 2. The van der Waals surface area contributed by atoms with Gasteiger partial charge in [-0.3, -0.25) is 20.4 Å². The summed E-state index contributed by atoms with van der Waals surface area (Å²) in [4.78, 5) is 23.6. The van der Waals surface area contributed by atoms with Crippen LogP contribution in [0, 0.1) is 6.92 Å². The lowest BCUT2D eigenvalue weighted by Crippen LogP contribution is -2.28. The second kappa shape index (κ2) is 4.80. The summed E-state index contributed by atoms with van der Waals surface area (Å²) in [7, 11) is 0. The maximum Gasteiger partial charge on any atom is 0.255 e. The van der Waals surface area contributed by atoms with E-state index in [1.807, 2.05) is 20.8 Å². The predicted molar refractivity (Wildman–Crippen MR) is 69.0 cm³/mol. The molecule has 4 heteroatoms. The lowest BCUT2D eigenvalue weighted by Gasteiger charge is -2.17. The minimum absolute atomic E-state index is 0.256. The Labute approximate surface area is 107 Å². The topological polar surface area (TPSA) is 58.2 Å². The average Bonchev–Trinajstić information content (AvgIpc) is 2.68. The molecule has 2 rings (SSSR count). The van der Waals surface area contributed by atoms with Gasteiger partial charge < -0.3 is 0 Å². The first-order chi connectivity index (χ1) is 8.58. The zero-order valence-corrected chi connectivity index (χ0v) is 11.0. The van der Waals surface area contributed by atoms with Crippen molar-refractivity contribution in [1.82, 2.24) is 10.9 Å². The van der Waals surface area contributed by atoms with Gasteiger partial charge in [0.2, 0.25) is 0 Å². The van der Waals surface area contributed by atoms with Crippen LogP contribution in [0.1, 0.15) is 42.0 Å². The van der Waals surface area contributed by atoms with E-state index in [4.69, 9.17) is 0 Å². The number of amides is 2. The second-order valence-electron chi connectivity index (χ2n) is 4.62. The van der Waals surface area contributed by atoms with Crippen molar-refractivity contribution >= 4 is 11.8 Å². The molecule has 1 aromatic rings. The molecule has 0 aromatic heterocycles. The number of hydrogen-bond acceptors (Lipinski definition) is 2. The van der Waals surface area contributed by atoms with Crippen LogP contribution in [0.15, 0.2) is 12.1 Å². The summed E-state index contributed by atoms with van der Waals surface area (Å²) < 4.78 is 0. The molecule has 96 valence electrons. The first-order valence-electron chi connectivity index (χ1n) is 6.30. The highest BCUT2D eigenvalue weighted by Gasteiger charge is 2.37. The van der Waals surface area contributed by atoms with Crippen molar-refractivity contribution in [3.8, 4) is 0 Å². The number of rotatable bonds is 3. The van der Waals surface area contributed by atoms with E-state index in [9.17, 15) is 9.59 Å². The Hall–Kier alpha value is -1.84. The lowest BCUT2D eigenvalue weighted by atomic mass is 9.86. The third kappa shape index (κ3) is 1.98. The quantitative estimate of drug-likeness (QED) is 0.791. The molecule has 0 atom stereocenters. The van der Waals surface area contributed by atoms with E-state index in [1.54, 1.807) is 0 Å². The van der Waals surface area contributed by atoms with Gasteiger partial charge in [0.05, 0.1) is 0 Å². The van der Waals surface area contributed by atoms with Crippen molar-refractivity contribution in [2.24, 2.45) is 0 Å². The van der Waals surface area contributed by atoms with E-state index in [0.717, 1.165) is 29.5 Å². The molecule has 0 spiro atoms. The van der Waals surface area contributed by atoms with Crippen LogP contribution < -0.4 is 10.9 Å². The summed E-state index contributed by atoms with van der Waals surface area (Å²) in [5.74, 6) is -1.21. The Kier molecular flexibility index (Phi) is 3.36. The van der Waals surface area contributed by atoms with Crippen molar-refractivity contribution in [2.45, 2.75) is 39.5 Å². The molecule has 1 aliphatic heterocycles. The van der Waals surface area contributed by atoms with Gasteiger partial charge in [-0.15, -0.1) is 0 Å². The van der Waals surface area contributed by atoms with Crippen molar-refractivity contribution in [1.29, 1.82) is 0 Å². The van der Waals surface area contributed by atoms with Gasteiger partial charge in [-0.05, 0) is 36.5 Å². The first-order valence-corrected chi connectivity index (χ1v) is 6.30. The molecule has 0 bridgehead atoms. The van der Waals surface area contributed by atoms with Crippen molar-refractivity contribution in [3.63, 3.8) is 0 Å². The Bertz CT molecular complexity index is 468. The minimum Gasteiger partial charge on any atom is -0.272 e. The van der Waals surface area contributed by atoms with Gasteiger partial charge >= 0.3 is 0 Å². The van der Waals surface area contributed by atoms with E-state index >= 15 is 0 Å². The van der Waals surface area contributed by atoms with Crippen LogP contribution in [-0.4, -0.2) is 11.8 Å². The maximum atomic E-state index is 11.8. The number of hydrogen-bond donors (Lipinski definition) is 2. The highest BCUT2D eigenvalue weighted by Crippen LogP contribution is 2.29. The lowest BCUT2D eigenvalue weighted by molar-refractivity contribution is -0.124. The van der Waals surface area contributed by atoms with E-state index in [0.29, 0.717) is 0 Å². The van der Waals surface area contributed by atoms with Crippen molar-refractivity contribution in [3.05, 3.63) is 34.4 Å². The number of hydrazine groups is 1. The third-order valence-corrected chi connectivity index (χ3v) is 3.38. The molecule has 2 N–H and O–H groups in total. The third-order valence-electron chi connectivity index (χ3n) is 3.38. The SMILES string of the molecule is CCc1cc(C)cc(CC)c1C1C(=O)NNC1=O. The standard InChI is InChI=1S/C14H18N2O2/c1-4-9-6-8(3)7-10(5-2)11(9)12-13(17)15-16-14(12)18/h6-7,12H,4-5H2,1-3H3,(H,15,17)(H,16,18). The van der Waals surface area contributed by atoms with Crippen LogP contribution in [0.5, 0.6) is 0 Å². The number of nitrogens with one attached hydrogen (secondary N) is 2. The zero-order valence-electron chi connectivity index (χ0n) is 11.0. The van der Waals surface area contributed by atoms with Gasteiger partial charge in [-0.1, -0.05) is 31.5 Å². The Morgan fingerprint density at radius 2 is 1.44 bits per heavy atom. The van der Waals surface area contributed by atoms with Gasteiger partial charge in [0, 0.05) is 0 Å². The van der Waals surface area contributed by atoms with Crippen LogP contribution >= 0.6 is 0 Å². The first kappa shape index (κ1) is 12.6. The number of carbonyl (C=O) groups is 2. The molecule has 1 aliphatic rings. The van der Waals surface area contributed by atoms with E-state index in [-0.39, 0.29) is 11.8 Å². The summed E-state index contributed by atoms with van der Waals surface area (Å²) in [5.41, 5.74) is 9.03. The molecule has 1 aromatic carbocycles. The van der Waals surface area contributed by atoms with E-state index < -0.39 is 5.92 Å². The zero-order chi connectivity index (χ0) is 13.3. The summed E-state index contributed by atoms with van der Waals surface area (Å²) in [6.07, 6.45) is 1.64. The summed E-state index contributed by atoms with van der Waals surface area (Å²) in [5, 5.41) is 0. The van der Waals surface area contributed by atoms with E-state index in [2.05, 4.69) is 23.0 Å². The molecule has 0 unspecified atom stereocenters. The molecule has 4 nitrogen and oxygen atoms in total. The molecule has 1 fully saturated rings. The van der Waals surface area contributed by atoms with Gasteiger partial charge in [-0.2, -0.15) is 0 Å². The van der Waals surface area contributed by atoms with Gasteiger partial charge in [0.15, 0.2) is 0 Å². The van der Waals surface area contributed by atoms with Crippen LogP contribution in [0.25, 0.3) is 0 Å². The Morgan fingerprint density at radius 1 is 1.00 bits per heavy atom. The van der Waals surface area contributed by atoms with Gasteiger partial charge in [-0.25, -0.2) is 0 Å². The highest BCUT2D eigenvalue weighted by atomic mass is 16.2. The van der Waals surface area contributed by atoms with Crippen molar-refractivity contribution in [2.75, 3.05) is 0 Å². The van der Waals surface area contributed by atoms with Gasteiger partial charge in [0.25, 0.3) is 11.8 Å². The summed E-state index contributed by atoms with van der Waals surface area (Å²) >= 11 is 0. The van der Waals surface area contributed by atoms with Crippen LogP contribution in [0.3, 0.4) is 0 Å². The maximum absolute atomic E-state index is 11.8. The molecule has 2 amide bonds. The Balaban J connectivity index is 2.61. The molecule has 1 heterocycles. The molecule has 0 aliphatic carbocycles. The molecule has 0 radical (unpaired) electrons. The van der Waals surface area contributed by atoms with Crippen LogP contribution in [0.4, 0.5) is 0 Å². The normalized spacial score (nSPS) is 15.7. The monoisotopic (exact) mass is 246 g/mol. The number of benzene rings is 1. The van der Waals surface area contributed by atoms with E-state index in [1.165, 1.54) is 5.56 Å². The fraction of sp³-hybridized carbons (Fsp3) is 0.429. The predicted octanol–water partition coefficient (Wildman–Crippen LogP) is 1.36. The molecular formula is C14H18N2O2. The van der Waals surface area contributed by atoms with Gasteiger partial charge in [0.1, 0.15) is 5.92 Å². The fourth-order valence-electron chi connectivity index (χ4n) is 2.56. The fourth-order valence-corrected chi connectivity index (χ4v) is 2.56. The Morgan fingerprint density at radius 3 is 1.83 bits per heavy atom. The van der Waals surface area contributed by atoms with Crippen molar-refractivity contribution < 1.29 is 9.59 Å². The molecule has 0 saturated carbocycles. The second-order valence-corrected chi connectivity index (χ2v) is 4.62. The number of aryl methyl sites for hydroxylation is 3. The highest BCUT2D eigenvalue weighted by molar-refractivity contribution is 6.10.